The summed E-state index contributed by atoms with van der Waals surface area (Å²) in [7, 11) is 0. The molecule has 0 aliphatic heterocycles. The summed E-state index contributed by atoms with van der Waals surface area (Å²) in [5, 5.41) is 1.20. The van der Waals surface area contributed by atoms with E-state index in [-0.39, 0.29) is 0 Å². The predicted octanol–water partition coefficient (Wildman–Crippen LogP) is 8.96. The van der Waals surface area contributed by atoms with Crippen molar-refractivity contribution in [3.8, 4) is 44.0 Å². The number of aromatic nitrogens is 1. The minimum absolute atomic E-state index is 1.00. The Bertz CT molecular complexity index is 1530. The van der Waals surface area contributed by atoms with E-state index in [9.17, 15) is 0 Å². The largest absolute Gasteiger partial charge is 0.237 e. The van der Waals surface area contributed by atoms with E-state index >= 15 is 0 Å². The molecule has 2 heteroatoms. The molecule has 0 aliphatic carbocycles. The van der Waals surface area contributed by atoms with Crippen molar-refractivity contribution < 1.29 is 0 Å². The van der Waals surface area contributed by atoms with Crippen LogP contribution >= 0.6 is 11.3 Å². The SMILES string of the molecule is c1ccc(-c2cccc(-c3ccc4c(-c5ccccc5)c(-c5ccccc5)sc4n3)c2)cc1. The molecule has 1 nitrogen and oxygen atoms in total. The lowest BCUT2D eigenvalue weighted by Gasteiger charge is -2.07. The number of rotatable bonds is 4. The zero-order valence-corrected chi connectivity index (χ0v) is 18.8. The molecular weight excluding hydrogens is 418 g/mol. The fourth-order valence-electron chi connectivity index (χ4n) is 4.31. The summed E-state index contributed by atoms with van der Waals surface area (Å²) in [6, 6.07) is 44.8. The van der Waals surface area contributed by atoms with Crippen LogP contribution in [0.1, 0.15) is 0 Å². The second kappa shape index (κ2) is 8.50. The van der Waals surface area contributed by atoms with Crippen LogP contribution in [0.5, 0.6) is 0 Å². The lowest BCUT2D eigenvalue weighted by Crippen LogP contribution is -1.85. The van der Waals surface area contributed by atoms with Crippen LogP contribution in [0, 0.1) is 0 Å². The normalized spacial score (nSPS) is 11.0. The van der Waals surface area contributed by atoms with Gasteiger partial charge in [-0.2, -0.15) is 0 Å². The summed E-state index contributed by atoms with van der Waals surface area (Å²) in [5.41, 5.74) is 8.27. The number of pyridine rings is 1. The highest BCUT2D eigenvalue weighted by Gasteiger charge is 2.17. The van der Waals surface area contributed by atoms with Crippen LogP contribution in [-0.2, 0) is 0 Å². The standard InChI is InChI=1S/C31H21NS/c1-4-11-22(12-5-1)25-17-10-18-26(21-25)28-20-19-27-29(23-13-6-2-7-14-23)30(33-31(27)32-28)24-15-8-3-9-16-24/h1-21H. The van der Waals surface area contributed by atoms with Gasteiger partial charge in [-0.25, -0.2) is 4.98 Å². The first kappa shape index (κ1) is 19.7. The molecule has 0 aliphatic rings. The van der Waals surface area contributed by atoms with Crippen LogP contribution in [0.3, 0.4) is 0 Å². The van der Waals surface area contributed by atoms with Crippen molar-refractivity contribution in [3.05, 3.63) is 127 Å². The fraction of sp³-hybridized carbons (Fsp3) is 0. The lowest BCUT2D eigenvalue weighted by atomic mass is 9.98. The van der Waals surface area contributed by atoms with Crippen molar-refractivity contribution in [1.82, 2.24) is 4.98 Å². The molecule has 4 aromatic carbocycles. The van der Waals surface area contributed by atoms with E-state index in [1.165, 1.54) is 38.1 Å². The van der Waals surface area contributed by atoms with Crippen LogP contribution in [-0.4, -0.2) is 4.98 Å². The third-order valence-electron chi connectivity index (χ3n) is 5.92. The average Bonchev–Trinajstić information content (AvgIpc) is 3.29. The quantitative estimate of drug-likeness (QED) is 0.267. The van der Waals surface area contributed by atoms with Crippen molar-refractivity contribution in [2.45, 2.75) is 0 Å². The topological polar surface area (TPSA) is 12.9 Å². The first-order valence-electron chi connectivity index (χ1n) is 11.1. The molecule has 0 spiro atoms. The van der Waals surface area contributed by atoms with Gasteiger partial charge in [-0.15, -0.1) is 11.3 Å². The molecule has 0 radical (unpaired) electrons. The van der Waals surface area contributed by atoms with Crippen LogP contribution in [0.2, 0.25) is 0 Å². The Balaban J connectivity index is 1.51. The molecule has 0 saturated carbocycles. The number of nitrogens with zero attached hydrogens (tertiary/aromatic N) is 1. The molecule has 0 saturated heterocycles. The highest BCUT2D eigenvalue weighted by atomic mass is 32.1. The molecule has 2 heterocycles. The average molecular weight is 440 g/mol. The van der Waals surface area contributed by atoms with Crippen LogP contribution in [0.25, 0.3) is 54.2 Å². The summed E-state index contributed by atoms with van der Waals surface area (Å²) in [5.74, 6) is 0. The van der Waals surface area contributed by atoms with Gasteiger partial charge in [0.2, 0.25) is 0 Å². The van der Waals surface area contributed by atoms with Crippen molar-refractivity contribution in [1.29, 1.82) is 0 Å². The minimum atomic E-state index is 1.00. The maximum Gasteiger partial charge on any atom is 0.125 e. The molecule has 6 rings (SSSR count). The van der Waals surface area contributed by atoms with Crippen molar-refractivity contribution in [2.75, 3.05) is 0 Å². The molecule has 0 bridgehead atoms. The van der Waals surface area contributed by atoms with Gasteiger partial charge >= 0.3 is 0 Å². The Labute approximate surface area is 197 Å². The number of hydrogen-bond acceptors (Lipinski definition) is 2. The van der Waals surface area contributed by atoms with E-state index in [2.05, 4.69) is 121 Å². The van der Waals surface area contributed by atoms with E-state index in [1.54, 1.807) is 11.3 Å². The van der Waals surface area contributed by atoms with Gasteiger partial charge in [-0.1, -0.05) is 109 Å². The molecule has 0 N–H and O–H groups in total. The summed E-state index contributed by atoms with van der Waals surface area (Å²) >= 11 is 1.77. The number of hydrogen-bond donors (Lipinski definition) is 0. The lowest BCUT2D eigenvalue weighted by molar-refractivity contribution is 1.42. The highest BCUT2D eigenvalue weighted by molar-refractivity contribution is 7.22. The van der Waals surface area contributed by atoms with Gasteiger partial charge in [0, 0.05) is 21.4 Å². The predicted molar refractivity (Wildman–Crippen MR) is 141 cm³/mol. The number of benzene rings is 4. The van der Waals surface area contributed by atoms with E-state index in [0.717, 1.165) is 16.1 Å². The molecule has 0 atom stereocenters. The molecule has 156 valence electrons. The zero-order valence-electron chi connectivity index (χ0n) is 18.0. The maximum atomic E-state index is 5.13. The van der Waals surface area contributed by atoms with Gasteiger partial charge in [0.05, 0.1) is 5.69 Å². The van der Waals surface area contributed by atoms with E-state index in [4.69, 9.17) is 4.98 Å². The molecule has 33 heavy (non-hydrogen) atoms. The Kier molecular flexibility index (Phi) is 5.06. The van der Waals surface area contributed by atoms with Crippen LogP contribution in [0.15, 0.2) is 127 Å². The van der Waals surface area contributed by atoms with Crippen molar-refractivity contribution >= 4 is 21.6 Å². The second-order valence-corrected chi connectivity index (χ2v) is 9.03. The van der Waals surface area contributed by atoms with Gasteiger partial charge < -0.3 is 0 Å². The van der Waals surface area contributed by atoms with Gasteiger partial charge in [0.25, 0.3) is 0 Å². The van der Waals surface area contributed by atoms with Gasteiger partial charge in [-0.05, 0) is 40.5 Å². The van der Waals surface area contributed by atoms with Gasteiger partial charge in [0.1, 0.15) is 4.83 Å². The second-order valence-electron chi connectivity index (χ2n) is 8.03. The van der Waals surface area contributed by atoms with Crippen LogP contribution in [0.4, 0.5) is 0 Å². The van der Waals surface area contributed by atoms with Crippen molar-refractivity contribution in [2.24, 2.45) is 0 Å². The smallest absolute Gasteiger partial charge is 0.125 e. The van der Waals surface area contributed by atoms with E-state index < -0.39 is 0 Å². The fourth-order valence-corrected chi connectivity index (χ4v) is 5.51. The van der Waals surface area contributed by atoms with Gasteiger partial charge in [0.15, 0.2) is 0 Å². The molecule has 6 aromatic rings. The number of fused-ring (bicyclic) bond motifs is 1. The zero-order chi connectivity index (χ0) is 22.0. The Morgan fingerprint density at radius 1 is 0.455 bits per heavy atom. The molecule has 2 aromatic heterocycles. The summed E-state index contributed by atoms with van der Waals surface area (Å²) < 4.78 is 0. The van der Waals surface area contributed by atoms with E-state index in [0.29, 0.717) is 0 Å². The Morgan fingerprint density at radius 3 is 1.73 bits per heavy atom. The third-order valence-corrected chi connectivity index (χ3v) is 7.07. The monoisotopic (exact) mass is 439 g/mol. The first-order valence-corrected chi connectivity index (χ1v) is 11.9. The third kappa shape index (κ3) is 3.75. The summed E-state index contributed by atoms with van der Waals surface area (Å²) in [6.07, 6.45) is 0. The first-order chi connectivity index (χ1) is 16.4. The number of thiophene rings is 1. The molecular formula is C31H21NS. The molecule has 0 fully saturated rings. The Hall–Kier alpha value is -4.01. The highest BCUT2D eigenvalue weighted by Crippen LogP contribution is 2.44. The molecule has 0 unspecified atom stereocenters. The molecule has 0 amide bonds. The maximum absolute atomic E-state index is 5.13. The van der Waals surface area contributed by atoms with Gasteiger partial charge in [-0.3, -0.25) is 0 Å². The van der Waals surface area contributed by atoms with Crippen LogP contribution < -0.4 is 0 Å². The Morgan fingerprint density at radius 2 is 1.03 bits per heavy atom. The van der Waals surface area contributed by atoms with E-state index in [1.807, 2.05) is 6.07 Å². The minimum Gasteiger partial charge on any atom is -0.237 e. The van der Waals surface area contributed by atoms with Crippen molar-refractivity contribution in [3.63, 3.8) is 0 Å². The summed E-state index contributed by atoms with van der Waals surface area (Å²) in [4.78, 5) is 7.46. The summed E-state index contributed by atoms with van der Waals surface area (Å²) in [6.45, 7) is 0.